The fraction of sp³-hybridized carbons (Fsp3) is 0.300. The second-order valence-electron chi connectivity index (χ2n) is 5.81. The summed E-state index contributed by atoms with van der Waals surface area (Å²) < 4.78 is 10.5. The fourth-order valence-electron chi connectivity index (χ4n) is 2.93. The SMILES string of the molecule is CCN(CC)c1cc(-c2nc(-c3ccc(OC)c(O)c3OC)cs2)ccn1. The summed E-state index contributed by atoms with van der Waals surface area (Å²) in [5.41, 5.74) is 2.47. The molecule has 7 heteroatoms. The third-order valence-corrected chi connectivity index (χ3v) is 5.27. The molecule has 3 aromatic rings. The fourth-order valence-corrected chi connectivity index (χ4v) is 3.75. The van der Waals surface area contributed by atoms with E-state index in [4.69, 9.17) is 14.5 Å². The molecule has 0 aliphatic carbocycles. The van der Waals surface area contributed by atoms with Crippen LogP contribution in [0.3, 0.4) is 0 Å². The molecule has 0 amide bonds. The van der Waals surface area contributed by atoms with Crippen LogP contribution in [-0.2, 0) is 0 Å². The first-order valence-corrected chi connectivity index (χ1v) is 9.62. The van der Waals surface area contributed by atoms with Crippen LogP contribution in [0.15, 0.2) is 35.8 Å². The molecular formula is C20H23N3O3S. The predicted octanol–water partition coefficient (Wildman–Crippen LogP) is 4.44. The Balaban J connectivity index is 1.99. The minimum absolute atomic E-state index is 0.0280. The zero-order valence-electron chi connectivity index (χ0n) is 15.9. The molecule has 1 N–H and O–H groups in total. The molecule has 6 nitrogen and oxygen atoms in total. The van der Waals surface area contributed by atoms with Crippen LogP contribution >= 0.6 is 11.3 Å². The Hall–Kier alpha value is -2.80. The number of benzene rings is 1. The Bertz CT molecular complexity index is 923. The topological polar surface area (TPSA) is 67.7 Å². The Morgan fingerprint density at radius 2 is 1.89 bits per heavy atom. The van der Waals surface area contributed by atoms with Gasteiger partial charge in [-0.3, -0.25) is 0 Å². The van der Waals surface area contributed by atoms with E-state index < -0.39 is 0 Å². The Morgan fingerprint density at radius 1 is 1.11 bits per heavy atom. The number of phenols is 1. The summed E-state index contributed by atoms with van der Waals surface area (Å²) in [6.45, 7) is 6.03. The molecule has 0 saturated heterocycles. The highest BCUT2D eigenvalue weighted by atomic mass is 32.1. The van der Waals surface area contributed by atoms with Crippen molar-refractivity contribution < 1.29 is 14.6 Å². The van der Waals surface area contributed by atoms with Crippen LogP contribution in [0.4, 0.5) is 5.82 Å². The maximum Gasteiger partial charge on any atom is 0.201 e. The normalized spacial score (nSPS) is 10.7. The summed E-state index contributed by atoms with van der Waals surface area (Å²) in [5, 5.41) is 13.2. The lowest BCUT2D eigenvalue weighted by Gasteiger charge is -2.19. The maximum atomic E-state index is 10.3. The number of phenolic OH excluding ortho intramolecular Hbond substituents is 1. The molecule has 2 heterocycles. The van der Waals surface area contributed by atoms with Gasteiger partial charge in [0.2, 0.25) is 5.75 Å². The van der Waals surface area contributed by atoms with Gasteiger partial charge in [0, 0.05) is 35.8 Å². The number of hydrogen-bond donors (Lipinski definition) is 1. The highest BCUT2D eigenvalue weighted by molar-refractivity contribution is 7.13. The lowest BCUT2D eigenvalue weighted by molar-refractivity contribution is 0.341. The van der Waals surface area contributed by atoms with Gasteiger partial charge in [-0.15, -0.1) is 11.3 Å². The summed E-state index contributed by atoms with van der Waals surface area (Å²) in [7, 11) is 3.02. The smallest absolute Gasteiger partial charge is 0.201 e. The van der Waals surface area contributed by atoms with Crippen molar-refractivity contribution in [2.24, 2.45) is 0 Å². The largest absolute Gasteiger partial charge is 0.502 e. The number of ether oxygens (including phenoxy) is 2. The molecule has 3 rings (SSSR count). The van der Waals surface area contributed by atoms with E-state index in [9.17, 15) is 5.11 Å². The molecule has 0 bridgehead atoms. The highest BCUT2D eigenvalue weighted by Gasteiger charge is 2.18. The molecule has 0 aliphatic rings. The number of hydrogen-bond acceptors (Lipinski definition) is 7. The summed E-state index contributed by atoms with van der Waals surface area (Å²) in [4.78, 5) is 11.4. The molecule has 142 valence electrons. The summed E-state index contributed by atoms with van der Waals surface area (Å²) in [5.74, 6) is 1.63. The van der Waals surface area contributed by atoms with Crippen molar-refractivity contribution in [3.63, 3.8) is 0 Å². The van der Waals surface area contributed by atoms with Crippen molar-refractivity contribution in [1.29, 1.82) is 0 Å². The monoisotopic (exact) mass is 385 g/mol. The first kappa shape index (κ1) is 19.0. The van der Waals surface area contributed by atoms with Crippen LogP contribution in [0.1, 0.15) is 13.8 Å². The molecule has 2 aromatic heterocycles. The second kappa shape index (κ2) is 8.26. The van der Waals surface area contributed by atoms with Gasteiger partial charge in [0.1, 0.15) is 10.8 Å². The molecule has 0 atom stereocenters. The molecule has 0 radical (unpaired) electrons. The number of thiazole rings is 1. The van der Waals surface area contributed by atoms with Crippen molar-refractivity contribution >= 4 is 17.2 Å². The van der Waals surface area contributed by atoms with Crippen molar-refractivity contribution in [1.82, 2.24) is 9.97 Å². The number of pyridine rings is 1. The molecule has 0 unspecified atom stereocenters. The summed E-state index contributed by atoms with van der Waals surface area (Å²) in [6.07, 6.45) is 1.81. The van der Waals surface area contributed by atoms with Crippen molar-refractivity contribution in [2.45, 2.75) is 13.8 Å². The van der Waals surface area contributed by atoms with Crippen LogP contribution in [0.2, 0.25) is 0 Å². The van der Waals surface area contributed by atoms with E-state index in [0.29, 0.717) is 11.5 Å². The Morgan fingerprint density at radius 3 is 2.56 bits per heavy atom. The van der Waals surface area contributed by atoms with E-state index in [2.05, 4.69) is 29.8 Å². The van der Waals surface area contributed by atoms with E-state index >= 15 is 0 Å². The van der Waals surface area contributed by atoms with Gasteiger partial charge in [-0.25, -0.2) is 9.97 Å². The molecule has 27 heavy (non-hydrogen) atoms. The predicted molar refractivity (Wildman–Crippen MR) is 109 cm³/mol. The molecule has 0 saturated carbocycles. The van der Waals surface area contributed by atoms with E-state index in [-0.39, 0.29) is 5.75 Å². The van der Waals surface area contributed by atoms with Gasteiger partial charge in [0.05, 0.1) is 19.9 Å². The summed E-state index contributed by atoms with van der Waals surface area (Å²) >= 11 is 1.54. The quantitative estimate of drug-likeness (QED) is 0.648. The van der Waals surface area contributed by atoms with E-state index in [0.717, 1.165) is 40.7 Å². The molecule has 0 aliphatic heterocycles. The molecule has 1 aromatic carbocycles. The van der Waals surface area contributed by atoms with Gasteiger partial charge in [0.25, 0.3) is 0 Å². The molecule has 0 spiro atoms. The average molecular weight is 385 g/mol. The van der Waals surface area contributed by atoms with Gasteiger partial charge >= 0.3 is 0 Å². The van der Waals surface area contributed by atoms with Crippen LogP contribution in [0.25, 0.3) is 21.8 Å². The number of aromatic hydroxyl groups is 1. The number of nitrogens with zero attached hydrogens (tertiary/aromatic N) is 3. The molecule has 0 fully saturated rings. The van der Waals surface area contributed by atoms with Crippen molar-refractivity contribution in [3.8, 4) is 39.1 Å². The Kier molecular flexibility index (Phi) is 5.81. The van der Waals surface area contributed by atoms with E-state index in [1.807, 2.05) is 23.7 Å². The van der Waals surface area contributed by atoms with Gasteiger partial charge in [-0.2, -0.15) is 0 Å². The zero-order chi connectivity index (χ0) is 19.4. The lowest BCUT2D eigenvalue weighted by Crippen LogP contribution is -2.22. The standard InChI is InChI=1S/C20H23N3O3S/c1-5-23(6-2)17-11-13(9-10-21-17)20-22-15(12-27-20)14-7-8-16(25-3)18(24)19(14)26-4/h7-12,24H,5-6H2,1-4H3. The number of aromatic nitrogens is 2. The van der Waals surface area contributed by atoms with Crippen LogP contribution < -0.4 is 14.4 Å². The maximum absolute atomic E-state index is 10.3. The first-order valence-electron chi connectivity index (χ1n) is 8.74. The van der Waals surface area contributed by atoms with Crippen LogP contribution in [0.5, 0.6) is 17.2 Å². The minimum Gasteiger partial charge on any atom is -0.502 e. The van der Waals surface area contributed by atoms with Gasteiger partial charge in [-0.1, -0.05) is 0 Å². The number of methoxy groups -OCH3 is 2. The third kappa shape index (κ3) is 3.68. The van der Waals surface area contributed by atoms with Crippen molar-refractivity contribution in [3.05, 3.63) is 35.8 Å². The highest BCUT2D eigenvalue weighted by Crippen LogP contribution is 2.44. The van der Waals surface area contributed by atoms with Gasteiger partial charge in [0.15, 0.2) is 11.5 Å². The first-order chi connectivity index (χ1) is 13.1. The van der Waals surface area contributed by atoms with E-state index in [1.165, 1.54) is 14.2 Å². The Labute approximate surface area is 163 Å². The lowest BCUT2D eigenvalue weighted by atomic mass is 10.1. The van der Waals surface area contributed by atoms with E-state index in [1.54, 1.807) is 17.4 Å². The van der Waals surface area contributed by atoms with Crippen molar-refractivity contribution in [2.75, 3.05) is 32.2 Å². The zero-order valence-corrected chi connectivity index (χ0v) is 16.7. The second-order valence-corrected chi connectivity index (χ2v) is 6.67. The minimum atomic E-state index is -0.0280. The third-order valence-electron chi connectivity index (χ3n) is 4.38. The average Bonchev–Trinajstić information content (AvgIpc) is 3.19. The van der Waals surface area contributed by atoms with Crippen LogP contribution in [-0.4, -0.2) is 42.4 Å². The van der Waals surface area contributed by atoms with Gasteiger partial charge < -0.3 is 19.5 Å². The molecular weight excluding hydrogens is 362 g/mol. The van der Waals surface area contributed by atoms with Gasteiger partial charge in [-0.05, 0) is 38.1 Å². The summed E-state index contributed by atoms with van der Waals surface area (Å²) in [6, 6.07) is 7.55. The van der Waals surface area contributed by atoms with Crippen LogP contribution in [0, 0.1) is 0 Å². The number of anilines is 1. The number of rotatable bonds is 7.